The summed E-state index contributed by atoms with van der Waals surface area (Å²) in [4.78, 5) is 10.1. The molecule has 0 bridgehead atoms. The second-order valence-corrected chi connectivity index (χ2v) is 2.91. The molecule has 1 rings (SSSR count). The molecule has 0 spiro atoms. The van der Waals surface area contributed by atoms with Crippen LogP contribution in [0.2, 0.25) is 0 Å². The summed E-state index contributed by atoms with van der Waals surface area (Å²) in [7, 11) is 0. The Morgan fingerprint density at radius 3 is 2.50 bits per heavy atom. The number of carboxylic acid groups (broad SMARTS) is 1. The summed E-state index contributed by atoms with van der Waals surface area (Å²) in [6, 6.07) is 5.43. The van der Waals surface area contributed by atoms with Gasteiger partial charge in [0.05, 0.1) is 5.97 Å². The van der Waals surface area contributed by atoms with Crippen LogP contribution in [0.25, 0.3) is 0 Å². The fourth-order valence-corrected chi connectivity index (χ4v) is 0.946. The summed E-state index contributed by atoms with van der Waals surface area (Å²) in [5, 5.41) is 10.1. The number of aliphatic carboxylic acids is 1. The maximum atomic E-state index is 10.1. The van der Waals surface area contributed by atoms with Crippen LogP contribution in [0.5, 0.6) is 5.75 Å². The molecule has 0 saturated carbocycles. The molecule has 0 aliphatic carbocycles. The van der Waals surface area contributed by atoms with E-state index in [9.17, 15) is 9.90 Å². The Morgan fingerprint density at radius 1 is 1.36 bits per heavy atom. The molecule has 0 N–H and O–H groups in total. The minimum absolute atomic E-state index is 0. The fraction of sp³-hybridized carbons (Fsp3) is 0.300. The molecule has 1 aromatic rings. The third-order valence-corrected chi connectivity index (χ3v) is 1.84. The minimum atomic E-state index is -1.21. The van der Waals surface area contributed by atoms with Crippen LogP contribution in [0.4, 0.5) is 0 Å². The van der Waals surface area contributed by atoms with Crippen molar-refractivity contribution in [3.05, 3.63) is 29.3 Å². The van der Waals surface area contributed by atoms with Gasteiger partial charge >= 0.3 is 51.4 Å². The molecule has 3 nitrogen and oxygen atoms in total. The zero-order valence-electron chi connectivity index (χ0n) is 8.66. The number of ether oxygens (including phenoxy) is 1. The molecule has 70 valence electrons. The summed E-state index contributed by atoms with van der Waals surface area (Å²) >= 11 is 0. The van der Waals surface area contributed by atoms with Crippen LogP contribution in [0, 0.1) is 13.8 Å². The third kappa shape index (κ3) is 4.57. The van der Waals surface area contributed by atoms with Gasteiger partial charge in [0.25, 0.3) is 0 Å². The van der Waals surface area contributed by atoms with Gasteiger partial charge in [-0.25, -0.2) is 0 Å². The molecule has 0 unspecified atom stereocenters. The summed E-state index contributed by atoms with van der Waals surface area (Å²) in [6.45, 7) is 3.53. The number of carbonyl (C=O) groups is 1. The second-order valence-electron chi connectivity index (χ2n) is 2.91. The summed E-state index contributed by atoms with van der Waals surface area (Å²) < 4.78 is 4.94. The molecule has 4 heteroatoms. The summed E-state index contributed by atoms with van der Waals surface area (Å²) in [6.07, 6.45) is 0. The standard InChI is InChI=1S/C10H12O3.K/c1-7-3-4-9(5-8(7)2)13-6-10(11)12;/h3-5H,6H2,1-2H3,(H,11,12);/q;+1/p-1. The monoisotopic (exact) mass is 218 g/mol. The molecule has 0 radical (unpaired) electrons. The molecule has 0 saturated heterocycles. The van der Waals surface area contributed by atoms with E-state index in [2.05, 4.69) is 0 Å². The van der Waals surface area contributed by atoms with E-state index in [0.717, 1.165) is 11.1 Å². The molecule has 0 amide bonds. The van der Waals surface area contributed by atoms with Crippen molar-refractivity contribution in [2.75, 3.05) is 6.61 Å². The molecule has 1 aromatic carbocycles. The number of hydrogen-bond acceptors (Lipinski definition) is 3. The molecule has 0 aliphatic heterocycles. The number of aryl methyl sites for hydroxylation is 2. The van der Waals surface area contributed by atoms with Crippen molar-refractivity contribution in [2.45, 2.75) is 13.8 Å². The molecule has 14 heavy (non-hydrogen) atoms. The van der Waals surface area contributed by atoms with Gasteiger partial charge in [0.1, 0.15) is 12.4 Å². The first-order chi connectivity index (χ1) is 6.09. The largest absolute Gasteiger partial charge is 1.00 e. The van der Waals surface area contributed by atoms with Crippen molar-refractivity contribution < 1.29 is 66.0 Å². The zero-order chi connectivity index (χ0) is 9.84. The Kier molecular flexibility index (Phi) is 6.64. The molecule has 0 fully saturated rings. The van der Waals surface area contributed by atoms with Crippen molar-refractivity contribution in [1.29, 1.82) is 0 Å². The van der Waals surface area contributed by atoms with Crippen LogP contribution >= 0.6 is 0 Å². The maximum Gasteiger partial charge on any atom is 1.00 e. The van der Waals surface area contributed by atoms with Gasteiger partial charge in [-0.3, -0.25) is 0 Å². The molecular weight excluding hydrogens is 207 g/mol. The van der Waals surface area contributed by atoms with Crippen LogP contribution in [0.3, 0.4) is 0 Å². The number of carboxylic acids is 1. The van der Waals surface area contributed by atoms with Gasteiger partial charge in [0.2, 0.25) is 0 Å². The van der Waals surface area contributed by atoms with E-state index in [-0.39, 0.29) is 51.4 Å². The van der Waals surface area contributed by atoms with Gasteiger partial charge in [-0.1, -0.05) is 6.07 Å². The first kappa shape index (κ1) is 14.1. The summed E-state index contributed by atoms with van der Waals surface area (Å²) in [5.41, 5.74) is 2.23. The maximum absolute atomic E-state index is 10.1. The van der Waals surface area contributed by atoms with Crippen molar-refractivity contribution in [3.8, 4) is 5.75 Å². The smallest absolute Gasteiger partial charge is 0.546 e. The van der Waals surface area contributed by atoms with E-state index in [4.69, 9.17) is 4.74 Å². The van der Waals surface area contributed by atoms with E-state index in [1.54, 1.807) is 12.1 Å². The van der Waals surface area contributed by atoms with Gasteiger partial charge < -0.3 is 14.6 Å². The van der Waals surface area contributed by atoms with Gasteiger partial charge in [0.15, 0.2) is 0 Å². The molecular formula is C10H11KO3. The minimum Gasteiger partial charge on any atom is -0.546 e. The van der Waals surface area contributed by atoms with Crippen LogP contribution in [0.1, 0.15) is 11.1 Å². The van der Waals surface area contributed by atoms with Gasteiger partial charge in [-0.15, -0.1) is 0 Å². The topological polar surface area (TPSA) is 49.4 Å². The molecule has 0 aromatic heterocycles. The SMILES string of the molecule is Cc1ccc(OCC(=O)[O-])cc1C.[K+]. The fourth-order valence-electron chi connectivity index (χ4n) is 0.946. The van der Waals surface area contributed by atoms with E-state index < -0.39 is 12.6 Å². The third-order valence-electron chi connectivity index (χ3n) is 1.84. The first-order valence-corrected chi connectivity index (χ1v) is 3.99. The normalized spacial score (nSPS) is 9.00. The average molecular weight is 218 g/mol. The Labute approximate surface area is 126 Å². The molecule has 0 aliphatic rings. The first-order valence-electron chi connectivity index (χ1n) is 3.99. The van der Waals surface area contributed by atoms with E-state index in [0.29, 0.717) is 5.75 Å². The zero-order valence-corrected chi connectivity index (χ0v) is 11.8. The van der Waals surface area contributed by atoms with Crippen LogP contribution in [0.15, 0.2) is 18.2 Å². The van der Waals surface area contributed by atoms with E-state index >= 15 is 0 Å². The van der Waals surface area contributed by atoms with Gasteiger partial charge in [-0.05, 0) is 37.1 Å². The van der Waals surface area contributed by atoms with Crippen LogP contribution in [-0.4, -0.2) is 12.6 Å². The predicted octanol–water partition coefficient (Wildman–Crippen LogP) is -2.56. The number of carbonyl (C=O) groups excluding carboxylic acids is 1. The Hall–Kier alpha value is 0.126. The van der Waals surface area contributed by atoms with E-state index in [1.165, 1.54) is 0 Å². The Bertz CT molecular complexity index is 323. The van der Waals surface area contributed by atoms with E-state index in [1.807, 2.05) is 19.9 Å². The quantitative estimate of drug-likeness (QED) is 0.524. The van der Waals surface area contributed by atoms with Crippen molar-refractivity contribution in [3.63, 3.8) is 0 Å². The average Bonchev–Trinajstić information content (AvgIpc) is 2.07. The van der Waals surface area contributed by atoms with Crippen molar-refractivity contribution >= 4 is 5.97 Å². The van der Waals surface area contributed by atoms with Crippen LogP contribution < -0.4 is 61.2 Å². The van der Waals surface area contributed by atoms with Crippen LogP contribution in [-0.2, 0) is 4.79 Å². The Morgan fingerprint density at radius 2 is 2.00 bits per heavy atom. The molecule has 0 atom stereocenters. The second kappa shape index (κ2) is 6.58. The number of hydrogen-bond donors (Lipinski definition) is 0. The van der Waals surface area contributed by atoms with Gasteiger partial charge in [0, 0.05) is 0 Å². The molecule has 0 heterocycles. The predicted molar refractivity (Wildman–Crippen MR) is 46.4 cm³/mol. The van der Waals surface area contributed by atoms with Gasteiger partial charge in [-0.2, -0.15) is 0 Å². The number of benzene rings is 1. The van der Waals surface area contributed by atoms with Crippen molar-refractivity contribution in [2.24, 2.45) is 0 Å². The number of rotatable bonds is 3. The van der Waals surface area contributed by atoms with Crippen molar-refractivity contribution in [1.82, 2.24) is 0 Å². The summed E-state index contributed by atoms with van der Waals surface area (Å²) in [5.74, 6) is -0.648. The Balaban J connectivity index is 0.00000169.